The van der Waals surface area contributed by atoms with Crippen LogP contribution in [0.15, 0.2) is 30.3 Å². The fourth-order valence-corrected chi connectivity index (χ4v) is 3.86. The highest BCUT2D eigenvalue weighted by molar-refractivity contribution is 6.01. The molecule has 0 spiro atoms. The number of carbonyl (C=O) groups is 3. The molecule has 1 aliphatic rings. The van der Waals surface area contributed by atoms with E-state index in [-0.39, 0.29) is 29.7 Å². The lowest BCUT2D eigenvalue weighted by Crippen LogP contribution is -2.32. The molecule has 1 atom stereocenters. The number of hydrogen-bond donors (Lipinski definition) is 1. The Balaban J connectivity index is 1.88. The van der Waals surface area contributed by atoms with E-state index in [2.05, 4.69) is 4.98 Å². The van der Waals surface area contributed by atoms with Crippen molar-refractivity contribution in [3.8, 4) is 0 Å². The Morgan fingerprint density at radius 2 is 1.93 bits per heavy atom. The molecule has 1 aromatic heterocycles. The smallest absolute Gasteiger partial charge is 0.339 e. The van der Waals surface area contributed by atoms with Crippen molar-refractivity contribution < 1.29 is 19.1 Å². The van der Waals surface area contributed by atoms with Crippen LogP contribution in [0.1, 0.15) is 63.5 Å². The summed E-state index contributed by atoms with van der Waals surface area (Å²) in [4.78, 5) is 41.9. The monoisotopic (exact) mass is 368 g/mol. The Morgan fingerprint density at radius 3 is 2.56 bits per heavy atom. The van der Waals surface area contributed by atoms with Crippen LogP contribution in [0.4, 0.5) is 0 Å². The molecular formula is C21H24N2O4. The molecule has 1 unspecified atom stereocenters. The highest BCUT2D eigenvalue weighted by Gasteiger charge is 2.32. The maximum absolute atomic E-state index is 13.0. The first kappa shape index (κ1) is 18.9. The van der Waals surface area contributed by atoms with Crippen LogP contribution in [0.25, 0.3) is 0 Å². The first-order valence-corrected chi connectivity index (χ1v) is 9.09. The van der Waals surface area contributed by atoms with Gasteiger partial charge in [0.25, 0.3) is 0 Å². The summed E-state index contributed by atoms with van der Waals surface area (Å²) < 4.78 is 4.85. The molecule has 1 aromatic carbocycles. The number of aromatic nitrogens is 1. The molecule has 0 radical (unpaired) electrons. The minimum absolute atomic E-state index is 0.0296. The third kappa shape index (κ3) is 3.65. The summed E-state index contributed by atoms with van der Waals surface area (Å²) in [7, 11) is 1.29. The number of Topliss-reactive ketones (excluding diaryl/α,β-unsaturated/α-hetero) is 1. The molecule has 6 heteroatoms. The minimum atomic E-state index is -0.542. The van der Waals surface area contributed by atoms with Crippen LogP contribution in [0.2, 0.25) is 0 Å². The number of carbonyl (C=O) groups excluding carboxylic acids is 3. The highest BCUT2D eigenvalue weighted by atomic mass is 16.5. The lowest BCUT2D eigenvalue weighted by atomic mass is 10.0. The summed E-state index contributed by atoms with van der Waals surface area (Å²) in [6.07, 6.45) is 1.89. The summed E-state index contributed by atoms with van der Waals surface area (Å²) in [5.74, 6) is -0.789. The summed E-state index contributed by atoms with van der Waals surface area (Å²) in [5.41, 5.74) is 2.71. The van der Waals surface area contributed by atoms with Gasteiger partial charge in [0.2, 0.25) is 5.91 Å². The Labute approximate surface area is 158 Å². The second-order valence-electron chi connectivity index (χ2n) is 6.86. The van der Waals surface area contributed by atoms with Crippen LogP contribution < -0.4 is 0 Å². The van der Waals surface area contributed by atoms with Crippen molar-refractivity contribution in [3.05, 3.63) is 58.4 Å². The number of esters is 1. The van der Waals surface area contributed by atoms with E-state index in [1.165, 1.54) is 14.0 Å². The largest absolute Gasteiger partial charge is 0.465 e. The van der Waals surface area contributed by atoms with Gasteiger partial charge in [-0.3, -0.25) is 9.59 Å². The van der Waals surface area contributed by atoms with Crippen LogP contribution >= 0.6 is 0 Å². The fraction of sp³-hybridized carbons (Fsp3) is 0.381. The summed E-state index contributed by atoms with van der Waals surface area (Å²) in [6.45, 7) is 3.80. The predicted molar refractivity (Wildman–Crippen MR) is 101 cm³/mol. The van der Waals surface area contributed by atoms with Gasteiger partial charge in [-0.1, -0.05) is 30.3 Å². The number of H-pyrrole nitrogens is 1. The molecule has 142 valence electrons. The molecule has 0 saturated carbocycles. The van der Waals surface area contributed by atoms with Crippen LogP contribution in [0.5, 0.6) is 0 Å². The van der Waals surface area contributed by atoms with E-state index in [0.717, 1.165) is 18.4 Å². The van der Waals surface area contributed by atoms with E-state index in [9.17, 15) is 14.4 Å². The number of likely N-dealkylation sites (tertiary alicyclic amines) is 1. The second kappa shape index (κ2) is 7.78. The molecule has 2 heterocycles. The molecule has 27 heavy (non-hydrogen) atoms. The molecule has 1 fully saturated rings. The average molecular weight is 368 g/mol. The van der Waals surface area contributed by atoms with Crippen LogP contribution in [-0.4, -0.2) is 41.2 Å². The maximum Gasteiger partial charge on any atom is 0.339 e. The Morgan fingerprint density at radius 1 is 1.22 bits per heavy atom. The lowest BCUT2D eigenvalue weighted by Gasteiger charge is -2.25. The summed E-state index contributed by atoms with van der Waals surface area (Å²) in [5, 5.41) is 0. The molecule has 2 aromatic rings. The zero-order valence-electron chi connectivity index (χ0n) is 15.9. The lowest BCUT2D eigenvalue weighted by molar-refractivity contribution is -0.131. The van der Waals surface area contributed by atoms with Gasteiger partial charge in [-0.25, -0.2) is 4.79 Å². The second-order valence-corrected chi connectivity index (χ2v) is 6.86. The SMILES string of the molecule is COC(=O)c1c(CC(=O)N2CCCC2c2ccccc2)[nH]c(C(C)=O)c1C. The van der Waals surface area contributed by atoms with Crippen molar-refractivity contribution in [1.29, 1.82) is 0 Å². The number of benzene rings is 1. The predicted octanol–water partition coefficient (Wildman–Crippen LogP) is 3.22. The number of nitrogens with one attached hydrogen (secondary N) is 1. The van der Waals surface area contributed by atoms with Crippen LogP contribution in [0, 0.1) is 6.92 Å². The summed E-state index contributed by atoms with van der Waals surface area (Å²) >= 11 is 0. The van der Waals surface area contributed by atoms with Crippen molar-refractivity contribution >= 4 is 17.7 Å². The van der Waals surface area contributed by atoms with Crippen molar-refractivity contribution in [2.45, 2.75) is 39.2 Å². The third-order valence-electron chi connectivity index (χ3n) is 5.15. The molecule has 1 aliphatic heterocycles. The zero-order chi connectivity index (χ0) is 19.6. The molecule has 6 nitrogen and oxygen atoms in total. The van der Waals surface area contributed by atoms with Gasteiger partial charge in [0.1, 0.15) is 0 Å². The van der Waals surface area contributed by atoms with Gasteiger partial charge in [-0.15, -0.1) is 0 Å². The third-order valence-corrected chi connectivity index (χ3v) is 5.15. The number of nitrogens with zero attached hydrogens (tertiary/aromatic N) is 1. The zero-order valence-corrected chi connectivity index (χ0v) is 15.9. The van der Waals surface area contributed by atoms with Gasteiger partial charge in [-0.2, -0.15) is 0 Å². The van der Waals surface area contributed by atoms with E-state index in [1.54, 1.807) is 6.92 Å². The van der Waals surface area contributed by atoms with Crippen molar-refractivity contribution in [1.82, 2.24) is 9.88 Å². The molecule has 3 rings (SSSR count). The average Bonchev–Trinajstić information content (AvgIpc) is 3.27. The van der Waals surface area contributed by atoms with Crippen LogP contribution in [-0.2, 0) is 16.0 Å². The number of aromatic amines is 1. The first-order valence-electron chi connectivity index (χ1n) is 9.09. The number of ketones is 1. The van der Waals surface area contributed by atoms with Gasteiger partial charge in [0, 0.05) is 19.2 Å². The minimum Gasteiger partial charge on any atom is -0.465 e. The van der Waals surface area contributed by atoms with Gasteiger partial charge in [0.05, 0.1) is 30.8 Å². The molecule has 1 amide bonds. The number of methoxy groups -OCH3 is 1. The molecular weight excluding hydrogens is 344 g/mol. The molecule has 1 N–H and O–H groups in total. The Kier molecular flexibility index (Phi) is 5.44. The number of amides is 1. The molecule has 1 saturated heterocycles. The van der Waals surface area contributed by atoms with E-state index >= 15 is 0 Å². The van der Waals surface area contributed by atoms with E-state index < -0.39 is 5.97 Å². The van der Waals surface area contributed by atoms with Crippen molar-refractivity contribution in [2.75, 3.05) is 13.7 Å². The highest BCUT2D eigenvalue weighted by Crippen LogP contribution is 2.32. The van der Waals surface area contributed by atoms with Gasteiger partial charge >= 0.3 is 5.97 Å². The molecule has 0 bridgehead atoms. The summed E-state index contributed by atoms with van der Waals surface area (Å²) in [6, 6.07) is 10.0. The van der Waals surface area contributed by atoms with Gasteiger partial charge < -0.3 is 14.6 Å². The normalized spacial score (nSPS) is 16.4. The van der Waals surface area contributed by atoms with Crippen molar-refractivity contribution in [3.63, 3.8) is 0 Å². The quantitative estimate of drug-likeness (QED) is 0.649. The number of hydrogen-bond acceptors (Lipinski definition) is 4. The fourth-order valence-electron chi connectivity index (χ4n) is 3.86. The maximum atomic E-state index is 13.0. The van der Waals surface area contributed by atoms with E-state index in [4.69, 9.17) is 4.74 Å². The Bertz CT molecular complexity index is 870. The Hall–Kier alpha value is -2.89. The molecule has 0 aliphatic carbocycles. The van der Waals surface area contributed by atoms with Gasteiger partial charge in [0.15, 0.2) is 5.78 Å². The van der Waals surface area contributed by atoms with E-state index in [0.29, 0.717) is 23.5 Å². The topological polar surface area (TPSA) is 79.5 Å². The standard InChI is InChI=1S/C21H24N2O4/c1-13-19(21(26)27-3)16(22-20(13)14(2)24)12-18(25)23-11-7-10-17(23)15-8-5-4-6-9-15/h4-6,8-9,17,22H,7,10-12H2,1-3H3. The van der Waals surface area contributed by atoms with Gasteiger partial charge in [-0.05, 0) is 30.9 Å². The van der Waals surface area contributed by atoms with E-state index in [1.807, 2.05) is 35.2 Å². The first-order chi connectivity index (χ1) is 12.9. The number of rotatable bonds is 5. The van der Waals surface area contributed by atoms with Crippen LogP contribution in [0.3, 0.4) is 0 Å². The van der Waals surface area contributed by atoms with Crippen molar-refractivity contribution in [2.24, 2.45) is 0 Å². The number of ether oxygens (including phenoxy) is 1.